The lowest BCUT2D eigenvalue weighted by Crippen LogP contribution is -2.30. The topological polar surface area (TPSA) is 85.9 Å². The lowest BCUT2D eigenvalue weighted by atomic mass is 10.2. The fraction of sp³-hybridized carbons (Fsp3) is 0.529. The Morgan fingerprint density at radius 1 is 1.12 bits per heavy atom. The Morgan fingerprint density at radius 3 is 2.42 bits per heavy atom. The molecule has 7 heteroatoms. The molecule has 0 aliphatic rings. The third-order valence-corrected chi connectivity index (χ3v) is 2.92. The van der Waals surface area contributed by atoms with Gasteiger partial charge in [0, 0.05) is 19.0 Å². The molecule has 1 aromatic carbocycles. The summed E-state index contributed by atoms with van der Waals surface area (Å²) < 4.78 is 15.5. The van der Waals surface area contributed by atoms with Gasteiger partial charge in [-0.3, -0.25) is 4.79 Å². The smallest absolute Gasteiger partial charge is 0.319 e. The van der Waals surface area contributed by atoms with E-state index < -0.39 is 5.60 Å². The van der Waals surface area contributed by atoms with Crippen molar-refractivity contribution in [3.63, 3.8) is 0 Å². The maximum atomic E-state index is 11.9. The van der Waals surface area contributed by atoms with Crippen LogP contribution in [-0.4, -0.2) is 38.4 Å². The molecular weight excluding hydrogens is 312 g/mol. The monoisotopic (exact) mass is 338 g/mol. The molecule has 0 saturated heterocycles. The van der Waals surface area contributed by atoms with Crippen molar-refractivity contribution < 1.29 is 23.8 Å². The zero-order chi connectivity index (χ0) is 18.2. The van der Waals surface area contributed by atoms with Gasteiger partial charge in [-0.1, -0.05) is 0 Å². The van der Waals surface area contributed by atoms with Crippen LogP contribution in [-0.2, 0) is 9.53 Å². The standard InChI is InChI=1S/C17H26N2O5/c1-17(2,3)24-15(20)7-6-10-18-16(21)19-13-9-8-12(22-4)11-14(13)23-5/h8-9,11H,6-7,10H2,1-5H3,(H2,18,19,21). The third-order valence-electron chi connectivity index (χ3n) is 2.92. The van der Waals surface area contributed by atoms with Gasteiger partial charge in [-0.05, 0) is 39.3 Å². The molecule has 0 fully saturated rings. The number of rotatable bonds is 7. The average molecular weight is 338 g/mol. The van der Waals surface area contributed by atoms with Gasteiger partial charge in [-0.2, -0.15) is 0 Å². The number of nitrogens with one attached hydrogen (secondary N) is 2. The molecule has 1 aromatic rings. The summed E-state index contributed by atoms with van der Waals surface area (Å²) in [6.07, 6.45) is 0.755. The fourth-order valence-corrected chi connectivity index (χ4v) is 1.90. The van der Waals surface area contributed by atoms with Crippen LogP contribution in [0, 0.1) is 0 Å². The molecule has 0 unspecified atom stereocenters. The van der Waals surface area contributed by atoms with Gasteiger partial charge in [-0.25, -0.2) is 4.79 Å². The Bertz CT molecular complexity index is 567. The first kappa shape index (κ1) is 19.6. The first-order valence-corrected chi connectivity index (χ1v) is 7.74. The highest BCUT2D eigenvalue weighted by molar-refractivity contribution is 5.91. The molecule has 0 bridgehead atoms. The van der Waals surface area contributed by atoms with E-state index in [0.717, 1.165) is 0 Å². The highest BCUT2D eigenvalue weighted by atomic mass is 16.6. The van der Waals surface area contributed by atoms with Gasteiger partial charge in [0.25, 0.3) is 0 Å². The van der Waals surface area contributed by atoms with Gasteiger partial charge in [0.15, 0.2) is 0 Å². The molecule has 0 aliphatic carbocycles. The minimum absolute atomic E-state index is 0.253. The Morgan fingerprint density at radius 2 is 1.83 bits per heavy atom. The van der Waals surface area contributed by atoms with E-state index in [2.05, 4.69) is 10.6 Å². The van der Waals surface area contributed by atoms with E-state index in [1.807, 2.05) is 20.8 Å². The first-order chi connectivity index (χ1) is 11.2. The zero-order valence-corrected chi connectivity index (χ0v) is 14.9. The number of methoxy groups -OCH3 is 2. The van der Waals surface area contributed by atoms with E-state index in [-0.39, 0.29) is 18.4 Å². The van der Waals surface area contributed by atoms with Crippen LogP contribution >= 0.6 is 0 Å². The van der Waals surface area contributed by atoms with Crippen molar-refractivity contribution in [1.29, 1.82) is 0 Å². The van der Waals surface area contributed by atoms with Crippen molar-refractivity contribution in [2.24, 2.45) is 0 Å². The molecule has 0 atom stereocenters. The second-order valence-electron chi connectivity index (χ2n) is 6.14. The molecule has 0 aliphatic heterocycles. The van der Waals surface area contributed by atoms with Gasteiger partial charge in [0.05, 0.1) is 19.9 Å². The fourth-order valence-electron chi connectivity index (χ4n) is 1.90. The number of anilines is 1. The largest absolute Gasteiger partial charge is 0.497 e. The lowest BCUT2D eigenvalue weighted by molar-refractivity contribution is -0.154. The van der Waals surface area contributed by atoms with Crippen molar-refractivity contribution in [2.45, 2.75) is 39.2 Å². The number of urea groups is 1. The van der Waals surface area contributed by atoms with Crippen molar-refractivity contribution in [1.82, 2.24) is 5.32 Å². The van der Waals surface area contributed by atoms with Gasteiger partial charge in [0.1, 0.15) is 17.1 Å². The minimum atomic E-state index is -0.493. The van der Waals surface area contributed by atoms with E-state index >= 15 is 0 Å². The number of carbonyl (C=O) groups is 2. The maximum Gasteiger partial charge on any atom is 0.319 e. The second kappa shape index (κ2) is 9.00. The predicted octanol–water partition coefficient (Wildman–Crippen LogP) is 2.95. The summed E-state index contributed by atoms with van der Waals surface area (Å²) >= 11 is 0. The summed E-state index contributed by atoms with van der Waals surface area (Å²) in [6, 6.07) is 4.72. The number of benzene rings is 1. The van der Waals surface area contributed by atoms with Gasteiger partial charge in [0.2, 0.25) is 0 Å². The summed E-state index contributed by atoms with van der Waals surface area (Å²) in [4.78, 5) is 23.4. The number of hydrogen-bond donors (Lipinski definition) is 2. The third kappa shape index (κ3) is 7.21. The number of ether oxygens (including phenoxy) is 3. The molecule has 2 N–H and O–H groups in total. The van der Waals surface area contributed by atoms with Gasteiger partial charge < -0.3 is 24.8 Å². The van der Waals surface area contributed by atoms with Crippen molar-refractivity contribution >= 4 is 17.7 Å². The normalized spacial score (nSPS) is 10.7. The van der Waals surface area contributed by atoms with E-state index in [1.54, 1.807) is 25.3 Å². The number of carbonyl (C=O) groups excluding carboxylic acids is 2. The predicted molar refractivity (Wildman–Crippen MR) is 91.6 cm³/mol. The molecule has 0 radical (unpaired) electrons. The Balaban J connectivity index is 2.38. The zero-order valence-electron chi connectivity index (χ0n) is 14.9. The van der Waals surface area contributed by atoms with Crippen LogP contribution in [0.5, 0.6) is 11.5 Å². The van der Waals surface area contributed by atoms with Crippen LogP contribution in [0.1, 0.15) is 33.6 Å². The summed E-state index contributed by atoms with van der Waals surface area (Å²) in [7, 11) is 3.07. The molecule has 1 rings (SSSR count). The van der Waals surface area contributed by atoms with E-state index in [1.165, 1.54) is 7.11 Å². The Hall–Kier alpha value is -2.44. The molecule has 0 heterocycles. The van der Waals surface area contributed by atoms with Crippen LogP contribution in [0.15, 0.2) is 18.2 Å². The molecule has 0 saturated carbocycles. The van der Waals surface area contributed by atoms with E-state index in [0.29, 0.717) is 30.2 Å². The molecule has 0 spiro atoms. The molecular formula is C17H26N2O5. The SMILES string of the molecule is COc1ccc(NC(=O)NCCCC(=O)OC(C)(C)C)c(OC)c1. The summed E-state index contributed by atoms with van der Waals surface area (Å²) in [5, 5.41) is 5.38. The van der Waals surface area contributed by atoms with Crippen LogP contribution in [0.3, 0.4) is 0 Å². The maximum absolute atomic E-state index is 11.9. The van der Waals surface area contributed by atoms with Crippen molar-refractivity contribution in [3.8, 4) is 11.5 Å². The average Bonchev–Trinajstić information content (AvgIpc) is 2.50. The molecule has 134 valence electrons. The van der Waals surface area contributed by atoms with Gasteiger partial charge in [-0.15, -0.1) is 0 Å². The molecule has 2 amide bonds. The quantitative estimate of drug-likeness (QED) is 0.590. The molecule has 0 aromatic heterocycles. The summed E-state index contributed by atoms with van der Waals surface area (Å²) in [5.41, 5.74) is 0.0373. The number of hydrogen-bond acceptors (Lipinski definition) is 5. The van der Waals surface area contributed by atoms with Gasteiger partial charge >= 0.3 is 12.0 Å². The first-order valence-electron chi connectivity index (χ1n) is 7.74. The minimum Gasteiger partial charge on any atom is -0.497 e. The second-order valence-corrected chi connectivity index (χ2v) is 6.14. The summed E-state index contributed by atoms with van der Waals surface area (Å²) in [6.45, 7) is 5.82. The number of esters is 1. The van der Waals surface area contributed by atoms with Crippen molar-refractivity contribution in [2.75, 3.05) is 26.1 Å². The lowest BCUT2D eigenvalue weighted by Gasteiger charge is -2.19. The van der Waals surface area contributed by atoms with Crippen LogP contribution in [0.4, 0.5) is 10.5 Å². The number of amides is 2. The van der Waals surface area contributed by atoms with Crippen LogP contribution in [0.2, 0.25) is 0 Å². The Labute approximate surface area is 142 Å². The summed E-state index contributed by atoms with van der Waals surface area (Å²) in [5.74, 6) is 0.856. The highest BCUT2D eigenvalue weighted by Crippen LogP contribution is 2.28. The molecule has 7 nitrogen and oxygen atoms in total. The van der Waals surface area contributed by atoms with Crippen LogP contribution < -0.4 is 20.1 Å². The van der Waals surface area contributed by atoms with Crippen molar-refractivity contribution in [3.05, 3.63) is 18.2 Å². The Kier molecular flexibility index (Phi) is 7.35. The molecule has 24 heavy (non-hydrogen) atoms. The van der Waals surface area contributed by atoms with E-state index in [4.69, 9.17) is 14.2 Å². The van der Waals surface area contributed by atoms with E-state index in [9.17, 15) is 9.59 Å². The van der Waals surface area contributed by atoms with Crippen LogP contribution in [0.25, 0.3) is 0 Å². The highest BCUT2D eigenvalue weighted by Gasteiger charge is 2.15.